The molecular weight excluding hydrogens is 278 g/mol. The standard InChI is InChI=1S/C17H27N3O2/c1-17(2,3)22-16(21)20-14-9-7-13(8-10-14)19-15-6-4-5-12(18)11-15/h7-10,12,15,19H,4-6,11,18H2,1-3H3,(H,20,21). The van der Waals surface area contributed by atoms with Gasteiger partial charge in [0.05, 0.1) is 0 Å². The van der Waals surface area contributed by atoms with Gasteiger partial charge in [0.25, 0.3) is 0 Å². The minimum Gasteiger partial charge on any atom is -0.444 e. The quantitative estimate of drug-likeness (QED) is 0.795. The molecule has 1 aromatic rings. The molecule has 1 aliphatic carbocycles. The van der Waals surface area contributed by atoms with Gasteiger partial charge in [0.1, 0.15) is 5.60 Å². The van der Waals surface area contributed by atoms with Crippen molar-refractivity contribution in [3.63, 3.8) is 0 Å². The Balaban J connectivity index is 1.86. The molecule has 2 atom stereocenters. The second-order valence-electron chi connectivity index (χ2n) is 6.97. The Hall–Kier alpha value is -1.75. The van der Waals surface area contributed by atoms with E-state index in [2.05, 4.69) is 10.6 Å². The van der Waals surface area contributed by atoms with Crippen molar-refractivity contribution in [2.24, 2.45) is 5.73 Å². The molecule has 0 aromatic heterocycles. The monoisotopic (exact) mass is 305 g/mol. The average molecular weight is 305 g/mol. The van der Waals surface area contributed by atoms with Crippen molar-refractivity contribution < 1.29 is 9.53 Å². The van der Waals surface area contributed by atoms with Crippen molar-refractivity contribution >= 4 is 17.5 Å². The first kappa shape index (κ1) is 16.6. The SMILES string of the molecule is CC(C)(C)OC(=O)Nc1ccc(NC2CCCC(N)C2)cc1. The van der Waals surface area contributed by atoms with Crippen molar-refractivity contribution in [1.82, 2.24) is 0 Å². The van der Waals surface area contributed by atoms with Crippen molar-refractivity contribution in [2.75, 3.05) is 10.6 Å². The molecule has 0 aliphatic heterocycles. The number of nitrogens with two attached hydrogens (primary N) is 1. The fourth-order valence-electron chi connectivity index (χ4n) is 2.67. The molecule has 0 bridgehead atoms. The van der Waals surface area contributed by atoms with Crippen LogP contribution in [0.5, 0.6) is 0 Å². The van der Waals surface area contributed by atoms with E-state index >= 15 is 0 Å². The normalized spacial score (nSPS) is 22.0. The summed E-state index contributed by atoms with van der Waals surface area (Å²) in [4.78, 5) is 11.7. The summed E-state index contributed by atoms with van der Waals surface area (Å²) < 4.78 is 5.23. The van der Waals surface area contributed by atoms with E-state index in [9.17, 15) is 4.79 Å². The largest absolute Gasteiger partial charge is 0.444 e. The third-order valence-corrected chi connectivity index (χ3v) is 3.62. The Bertz CT molecular complexity index is 494. The smallest absolute Gasteiger partial charge is 0.412 e. The first-order valence-corrected chi connectivity index (χ1v) is 7.94. The lowest BCUT2D eigenvalue weighted by Crippen LogP contribution is -2.34. The van der Waals surface area contributed by atoms with Gasteiger partial charge in [0.15, 0.2) is 0 Å². The van der Waals surface area contributed by atoms with Gasteiger partial charge < -0.3 is 15.8 Å². The summed E-state index contributed by atoms with van der Waals surface area (Å²) in [6.07, 6.45) is 4.03. The van der Waals surface area contributed by atoms with Gasteiger partial charge >= 0.3 is 6.09 Å². The van der Waals surface area contributed by atoms with Crippen molar-refractivity contribution in [1.29, 1.82) is 0 Å². The Kier molecular flexibility index (Phi) is 5.29. The van der Waals surface area contributed by atoms with E-state index in [1.165, 1.54) is 6.42 Å². The minimum atomic E-state index is -0.495. The van der Waals surface area contributed by atoms with E-state index in [0.717, 1.165) is 30.6 Å². The molecule has 1 saturated carbocycles. The van der Waals surface area contributed by atoms with E-state index < -0.39 is 11.7 Å². The Morgan fingerprint density at radius 2 is 1.82 bits per heavy atom. The molecule has 22 heavy (non-hydrogen) atoms. The highest BCUT2D eigenvalue weighted by atomic mass is 16.6. The number of ether oxygens (including phenoxy) is 1. The van der Waals surface area contributed by atoms with Gasteiger partial charge in [-0.25, -0.2) is 4.79 Å². The molecule has 5 heteroatoms. The van der Waals surface area contributed by atoms with E-state index in [-0.39, 0.29) is 0 Å². The fourth-order valence-corrected chi connectivity index (χ4v) is 2.67. The molecule has 0 radical (unpaired) electrons. The van der Waals surface area contributed by atoms with Gasteiger partial charge in [-0.15, -0.1) is 0 Å². The second-order valence-corrected chi connectivity index (χ2v) is 6.97. The Morgan fingerprint density at radius 3 is 2.41 bits per heavy atom. The van der Waals surface area contributed by atoms with E-state index in [4.69, 9.17) is 10.5 Å². The lowest BCUT2D eigenvalue weighted by molar-refractivity contribution is 0.0636. The van der Waals surface area contributed by atoms with Crippen molar-refractivity contribution in [3.05, 3.63) is 24.3 Å². The van der Waals surface area contributed by atoms with Crippen LogP contribution in [0.2, 0.25) is 0 Å². The minimum absolute atomic E-state index is 0.305. The summed E-state index contributed by atoms with van der Waals surface area (Å²) in [6, 6.07) is 8.41. The molecule has 5 nitrogen and oxygen atoms in total. The number of anilines is 2. The number of amides is 1. The van der Waals surface area contributed by atoms with Gasteiger partial charge in [-0.2, -0.15) is 0 Å². The molecule has 0 heterocycles. The Labute approximate surface area is 132 Å². The lowest BCUT2D eigenvalue weighted by atomic mass is 9.91. The van der Waals surface area contributed by atoms with E-state index in [1.54, 1.807) is 0 Å². The highest BCUT2D eigenvalue weighted by Gasteiger charge is 2.19. The maximum atomic E-state index is 11.7. The van der Waals surface area contributed by atoms with Gasteiger partial charge in [-0.1, -0.05) is 0 Å². The number of hydrogen-bond acceptors (Lipinski definition) is 4. The number of nitrogens with one attached hydrogen (secondary N) is 2. The van der Waals surface area contributed by atoms with Crippen LogP contribution in [0.25, 0.3) is 0 Å². The zero-order valence-electron chi connectivity index (χ0n) is 13.7. The topological polar surface area (TPSA) is 76.4 Å². The highest BCUT2D eigenvalue weighted by molar-refractivity contribution is 5.85. The molecule has 1 amide bonds. The number of carbonyl (C=O) groups excluding carboxylic acids is 1. The molecule has 122 valence electrons. The van der Waals surface area contributed by atoms with Crippen LogP contribution in [0.15, 0.2) is 24.3 Å². The van der Waals surface area contributed by atoms with Gasteiger partial charge in [0, 0.05) is 23.5 Å². The first-order valence-electron chi connectivity index (χ1n) is 7.94. The predicted molar refractivity (Wildman–Crippen MR) is 90.2 cm³/mol. The number of hydrogen-bond donors (Lipinski definition) is 3. The van der Waals surface area contributed by atoms with Crippen LogP contribution in [-0.2, 0) is 4.74 Å². The van der Waals surface area contributed by atoms with Crippen LogP contribution >= 0.6 is 0 Å². The molecule has 2 rings (SSSR count). The van der Waals surface area contributed by atoms with Crippen molar-refractivity contribution in [2.45, 2.75) is 64.1 Å². The molecular formula is C17H27N3O2. The third-order valence-electron chi connectivity index (χ3n) is 3.62. The molecule has 0 spiro atoms. The van der Waals surface area contributed by atoms with Crippen LogP contribution < -0.4 is 16.4 Å². The molecule has 1 aromatic carbocycles. The zero-order chi connectivity index (χ0) is 16.2. The molecule has 1 aliphatic rings. The summed E-state index contributed by atoms with van der Waals surface area (Å²) in [5, 5.41) is 6.23. The molecule has 2 unspecified atom stereocenters. The maximum Gasteiger partial charge on any atom is 0.412 e. The van der Waals surface area contributed by atoms with Gasteiger partial charge in [0.2, 0.25) is 0 Å². The third kappa shape index (κ3) is 5.56. The number of carbonyl (C=O) groups is 1. The predicted octanol–water partition coefficient (Wildman–Crippen LogP) is 3.72. The Morgan fingerprint density at radius 1 is 1.18 bits per heavy atom. The highest BCUT2D eigenvalue weighted by Crippen LogP contribution is 2.22. The van der Waals surface area contributed by atoms with E-state index in [0.29, 0.717) is 12.1 Å². The maximum absolute atomic E-state index is 11.7. The lowest BCUT2D eigenvalue weighted by Gasteiger charge is -2.28. The number of rotatable bonds is 3. The molecule has 0 saturated heterocycles. The van der Waals surface area contributed by atoms with Crippen LogP contribution in [0.3, 0.4) is 0 Å². The van der Waals surface area contributed by atoms with Crippen LogP contribution in [-0.4, -0.2) is 23.8 Å². The summed E-state index contributed by atoms with van der Waals surface area (Å²) in [5.41, 5.74) is 7.28. The molecule has 1 fully saturated rings. The first-order chi connectivity index (χ1) is 10.3. The summed E-state index contributed by atoms with van der Waals surface area (Å²) >= 11 is 0. The van der Waals surface area contributed by atoms with Crippen molar-refractivity contribution in [3.8, 4) is 0 Å². The molecule has 4 N–H and O–H groups in total. The fraction of sp³-hybridized carbons (Fsp3) is 0.588. The van der Waals surface area contributed by atoms with E-state index in [1.807, 2.05) is 45.0 Å². The number of benzene rings is 1. The van der Waals surface area contributed by atoms with Gasteiger partial charge in [-0.05, 0) is 70.7 Å². The average Bonchev–Trinajstić information content (AvgIpc) is 2.39. The summed E-state index contributed by atoms with van der Waals surface area (Å²) in [5.74, 6) is 0. The van der Waals surface area contributed by atoms with Crippen LogP contribution in [0, 0.1) is 0 Å². The van der Waals surface area contributed by atoms with Crippen LogP contribution in [0.1, 0.15) is 46.5 Å². The van der Waals surface area contributed by atoms with Crippen LogP contribution in [0.4, 0.5) is 16.2 Å². The second kappa shape index (κ2) is 7.01. The van der Waals surface area contributed by atoms with Gasteiger partial charge in [-0.3, -0.25) is 5.32 Å². The summed E-state index contributed by atoms with van der Waals surface area (Å²) in [6.45, 7) is 5.53. The summed E-state index contributed by atoms with van der Waals surface area (Å²) in [7, 11) is 0. The zero-order valence-corrected chi connectivity index (χ0v) is 13.7.